The van der Waals surface area contributed by atoms with Crippen molar-refractivity contribution >= 4 is 19.4 Å². The molecule has 0 N–H and O–H groups in total. The Hall–Kier alpha value is -0.990. The van der Waals surface area contributed by atoms with E-state index in [9.17, 15) is 0 Å². The summed E-state index contributed by atoms with van der Waals surface area (Å²) >= 11 is 0. The highest BCUT2D eigenvalue weighted by molar-refractivity contribution is 5.44. The van der Waals surface area contributed by atoms with Gasteiger partial charge in [-0.05, 0) is 13.8 Å². The normalized spacial score (nSPS) is 3.75. The Labute approximate surface area is 48.7 Å². The first-order valence-corrected chi connectivity index (χ1v) is 1.91. The van der Waals surface area contributed by atoms with Crippen molar-refractivity contribution < 1.29 is 14.4 Å². The van der Waals surface area contributed by atoms with Crippen molar-refractivity contribution in [3.8, 4) is 0 Å². The van der Waals surface area contributed by atoms with Gasteiger partial charge in [-0.3, -0.25) is 0 Å². The second kappa shape index (κ2) is 148. The first-order chi connectivity index (χ1) is 3.83. The predicted molar refractivity (Wildman–Crippen MR) is 30.6 cm³/mol. The topological polar surface area (TPSA) is 51.2 Å². The molecular formula is C5H10O3. The van der Waals surface area contributed by atoms with Crippen molar-refractivity contribution in [1.82, 2.24) is 0 Å². The molecule has 0 aromatic rings. The van der Waals surface area contributed by atoms with E-state index < -0.39 is 0 Å². The van der Waals surface area contributed by atoms with E-state index in [-0.39, 0.29) is 0 Å². The fourth-order valence-corrected chi connectivity index (χ4v) is 0. The highest BCUT2D eigenvalue weighted by Crippen LogP contribution is 1.13. The van der Waals surface area contributed by atoms with Crippen LogP contribution in [0.5, 0.6) is 0 Å². The molecule has 48 valence electrons. The molecule has 0 aromatic carbocycles. The standard InChI is InChI=1S/2C2H4O.CH2O/c2*1-2-3;1-2/h2*2H,1H3;1H2. The molecule has 0 fully saturated rings. The monoisotopic (exact) mass is 118 g/mol. The van der Waals surface area contributed by atoms with Gasteiger partial charge >= 0.3 is 0 Å². The lowest BCUT2D eigenvalue weighted by Gasteiger charge is -1.24. The molecule has 0 spiro atoms. The van der Waals surface area contributed by atoms with Crippen LogP contribution >= 0.6 is 0 Å². The minimum Gasteiger partial charge on any atom is -0.307 e. The van der Waals surface area contributed by atoms with Gasteiger partial charge in [0.05, 0.1) is 0 Å². The molecule has 0 saturated carbocycles. The molecule has 0 unspecified atom stereocenters. The zero-order valence-electron chi connectivity index (χ0n) is 5.09. The molecule has 0 aliphatic heterocycles. The van der Waals surface area contributed by atoms with Crippen LogP contribution in [0.4, 0.5) is 0 Å². The number of carbonyl (C=O) groups excluding carboxylic acids is 3. The first kappa shape index (κ1) is 15.7. The number of rotatable bonds is 0. The first-order valence-electron chi connectivity index (χ1n) is 1.91. The van der Waals surface area contributed by atoms with Gasteiger partial charge in [-0.25, -0.2) is 0 Å². The van der Waals surface area contributed by atoms with Crippen LogP contribution in [0.25, 0.3) is 0 Å². The Morgan fingerprint density at radius 3 is 1.00 bits per heavy atom. The average Bonchev–Trinajstić information content (AvgIpc) is 1.75. The van der Waals surface area contributed by atoms with E-state index >= 15 is 0 Å². The Morgan fingerprint density at radius 1 is 1.00 bits per heavy atom. The maximum absolute atomic E-state index is 8.81. The molecule has 0 aliphatic rings. The summed E-state index contributed by atoms with van der Waals surface area (Å²) in [7, 11) is 0. The van der Waals surface area contributed by atoms with E-state index in [4.69, 9.17) is 14.4 Å². The molecule has 0 aliphatic carbocycles. The maximum Gasteiger partial charge on any atom is 0.116 e. The van der Waals surface area contributed by atoms with Crippen LogP contribution in [0.15, 0.2) is 0 Å². The summed E-state index contributed by atoms with van der Waals surface area (Å²) in [6.45, 7) is 4.89. The molecule has 8 heavy (non-hydrogen) atoms. The molecule has 0 aromatic heterocycles. The summed E-state index contributed by atoms with van der Waals surface area (Å²) in [5.41, 5.74) is 0. The molecule has 0 amide bonds. The van der Waals surface area contributed by atoms with E-state index in [0.29, 0.717) is 0 Å². The number of hydrogen-bond donors (Lipinski definition) is 0. The quantitative estimate of drug-likeness (QED) is 0.428. The summed E-state index contributed by atoms with van der Waals surface area (Å²) in [6.07, 6.45) is 1.50. The maximum atomic E-state index is 8.81. The van der Waals surface area contributed by atoms with Crippen LogP contribution in [0.1, 0.15) is 13.8 Å². The van der Waals surface area contributed by atoms with Crippen molar-refractivity contribution in [2.24, 2.45) is 0 Å². The largest absolute Gasteiger partial charge is 0.307 e. The van der Waals surface area contributed by atoms with Crippen LogP contribution in [-0.4, -0.2) is 19.4 Å². The summed E-state index contributed by atoms with van der Waals surface area (Å²) in [5, 5.41) is 0. The molecule has 3 nitrogen and oxygen atoms in total. The van der Waals surface area contributed by atoms with Gasteiger partial charge in [-0.1, -0.05) is 0 Å². The zero-order valence-corrected chi connectivity index (χ0v) is 5.09. The second-order valence-electron chi connectivity index (χ2n) is 0.471. The van der Waals surface area contributed by atoms with Crippen LogP contribution in [0.3, 0.4) is 0 Å². The average molecular weight is 118 g/mol. The Morgan fingerprint density at radius 2 is 1.00 bits per heavy atom. The third kappa shape index (κ3) is 82.2. The van der Waals surface area contributed by atoms with Crippen molar-refractivity contribution in [3.05, 3.63) is 0 Å². The number of aldehydes is 2. The van der Waals surface area contributed by atoms with Crippen LogP contribution in [0.2, 0.25) is 0 Å². The third-order valence-corrected chi connectivity index (χ3v) is 0. The SMILES string of the molecule is C=O.CC=O.CC=O. The molecular weight excluding hydrogens is 108 g/mol. The predicted octanol–water partition coefficient (Wildman–Crippen LogP) is 0.226. The summed E-state index contributed by atoms with van der Waals surface area (Å²) in [5.74, 6) is 0. The summed E-state index contributed by atoms with van der Waals surface area (Å²) in [4.78, 5) is 25.6. The van der Waals surface area contributed by atoms with Gasteiger partial charge in [-0.15, -0.1) is 0 Å². The smallest absolute Gasteiger partial charge is 0.116 e. The van der Waals surface area contributed by atoms with Crippen molar-refractivity contribution in [3.63, 3.8) is 0 Å². The van der Waals surface area contributed by atoms with Crippen LogP contribution in [0, 0.1) is 0 Å². The van der Waals surface area contributed by atoms with Gasteiger partial charge in [0.15, 0.2) is 0 Å². The Bertz CT molecular complexity index is 36.9. The minimum atomic E-state index is 0.750. The highest BCUT2D eigenvalue weighted by atomic mass is 16.1. The molecule has 0 saturated heterocycles. The molecule has 0 radical (unpaired) electrons. The fraction of sp³-hybridized carbons (Fsp3) is 0.400. The minimum absolute atomic E-state index is 0.750. The van der Waals surface area contributed by atoms with Gasteiger partial charge in [0.2, 0.25) is 0 Å². The molecule has 0 heterocycles. The van der Waals surface area contributed by atoms with Crippen LogP contribution < -0.4 is 0 Å². The lowest BCUT2D eigenvalue weighted by atomic mass is 11.0. The Kier molecular flexibility index (Phi) is 291. The summed E-state index contributed by atoms with van der Waals surface area (Å²) < 4.78 is 0. The molecule has 0 bridgehead atoms. The van der Waals surface area contributed by atoms with Gasteiger partial charge in [0.25, 0.3) is 0 Å². The van der Waals surface area contributed by atoms with Gasteiger partial charge in [0.1, 0.15) is 19.4 Å². The summed E-state index contributed by atoms with van der Waals surface area (Å²) in [6, 6.07) is 0. The van der Waals surface area contributed by atoms with Gasteiger partial charge in [-0.2, -0.15) is 0 Å². The second-order valence-corrected chi connectivity index (χ2v) is 0.471. The van der Waals surface area contributed by atoms with E-state index in [1.165, 1.54) is 13.8 Å². The van der Waals surface area contributed by atoms with Crippen molar-refractivity contribution in [2.45, 2.75) is 13.8 Å². The van der Waals surface area contributed by atoms with Crippen molar-refractivity contribution in [1.29, 1.82) is 0 Å². The van der Waals surface area contributed by atoms with Crippen LogP contribution in [-0.2, 0) is 14.4 Å². The molecule has 0 rings (SSSR count). The molecule has 0 atom stereocenters. The molecule has 3 heteroatoms. The van der Waals surface area contributed by atoms with Gasteiger partial charge < -0.3 is 14.4 Å². The Balaban J connectivity index is -0.0000000483. The van der Waals surface area contributed by atoms with E-state index in [0.717, 1.165) is 12.6 Å². The lowest BCUT2D eigenvalue weighted by Crippen LogP contribution is -1.36. The fourth-order valence-electron chi connectivity index (χ4n) is 0. The lowest BCUT2D eigenvalue weighted by molar-refractivity contribution is -0.106. The van der Waals surface area contributed by atoms with E-state index in [1.54, 1.807) is 0 Å². The third-order valence-electron chi connectivity index (χ3n) is 0. The number of hydrogen-bond acceptors (Lipinski definition) is 3. The van der Waals surface area contributed by atoms with Gasteiger partial charge in [0, 0.05) is 0 Å². The van der Waals surface area contributed by atoms with E-state index in [1.807, 2.05) is 6.79 Å². The van der Waals surface area contributed by atoms with E-state index in [2.05, 4.69) is 0 Å². The van der Waals surface area contributed by atoms with Crippen molar-refractivity contribution in [2.75, 3.05) is 0 Å². The zero-order chi connectivity index (χ0) is 7.41. The number of carbonyl (C=O) groups is 3. The highest BCUT2D eigenvalue weighted by Gasteiger charge is 1.24.